The maximum Gasteiger partial charge on any atom is 0.0374 e. The highest BCUT2D eigenvalue weighted by Gasteiger charge is 2.05. The molecule has 0 saturated carbocycles. The molecule has 14 heavy (non-hydrogen) atoms. The third-order valence-corrected chi connectivity index (χ3v) is 3.57. The Kier molecular flexibility index (Phi) is 2.57. The molecule has 0 aliphatic carbocycles. The van der Waals surface area contributed by atoms with Crippen molar-refractivity contribution in [1.82, 2.24) is 0 Å². The van der Waals surface area contributed by atoms with Crippen LogP contribution in [0.3, 0.4) is 0 Å². The number of nitrogens with two attached hydrogens (primary N) is 1. The van der Waals surface area contributed by atoms with Crippen molar-refractivity contribution in [3.8, 4) is 0 Å². The molecule has 1 aromatic heterocycles. The molecule has 74 valence electrons. The molecule has 0 bridgehead atoms. The second-order valence-corrected chi connectivity index (χ2v) is 4.79. The first-order valence-corrected chi connectivity index (χ1v) is 5.77. The highest BCUT2D eigenvalue weighted by molar-refractivity contribution is 7.17. The van der Waals surface area contributed by atoms with Gasteiger partial charge in [-0.1, -0.05) is 12.1 Å². The van der Waals surface area contributed by atoms with Crippen molar-refractivity contribution < 1.29 is 0 Å². The molecule has 1 aromatic carbocycles. The summed E-state index contributed by atoms with van der Waals surface area (Å²) in [5, 5.41) is 3.49. The molecule has 0 spiro atoms. The van der Waals surface area contributed by atoms with Gasteiger partial charge in [-0.3, -0.25) is 0 Å². The highest BCUT2D eigenvalue weighted by Crippen LogP contribution is 2.27. The Labute approximate surface area is 88.6 Å². The Morgan fingerprint density at radius 3 is 2.86 bits per heavy atom. The van der Waals surface area contributed by atoms with Gasteiger partial charge in [0.05, 0.1) is 0 Å². The number of fused-ring (bicyclic) bond motifs is 1. The first kappa shape index (κ1) is 9.69. The highest BCUT2D eigenvalue weighted by atomic mass is 32.1. The molecular weight excluding hydrogens is 190 g/mol. The van der Waals surface area contributed by atoms with E-state index < -0.39 is 0 Å². The van der Waals surface area contributed by atoms with E-state index in [4.69, 9.17) is 5.73 Å². The van der Waals surface area contributed by atoms with E-state index in [1.807, 2.05) is 11.3 Å². The summed E-state index contributed by atoms with van der Waals surface area (Å²) in [4.78, 5) is 0. The zero-order valence-corrected chi connectivity index (χ0v) is 9.40. The van der Waals surface area contributed by atoms with Crippen LogP contribution in [0.2, 0.25) is 0 Å². The Morgan fingerprint density at radius 1 is 1.36 bits per heavy atom. The maximum absolute atomic E-state index is 5.82. The molecular formula is C12H15NS. The van der Waals surface area contributed by atoms with Crippen molar-refractivity contribution in [3.63, 3.8) is 0 Å². The summed E-state index contributed by atoms with van der Waals surface area (Å²) in [6, 6.07) is 6.80. The van der Waals surface area contributed by atoms with Gasteiger partial charge >= 0.3 is 0 Å². The van der Waals surface area contributed by atoms with Crippen LogP contribution in [0.25, 0.3) is 10.1 Å². The van der Waals surface area contributed by atoms with Gasteiger partial charge in [-0.15, -0.1) is 11.3 Å². The van der Waals surface area contributed by atoms with Crippen molar-refractivity contribution in [1.29, 1.82) is 0 Å². The zero-order valence-electron chi connectivity index (χ0n) is 8.58. The van der Waals surface area contributed by atoms with E-state index in [1.165, 1.54) is 21.2 Å². The van der Waals surface area contributed by atoms with Gasteiger partial charge in [-0.25, -0.2) is 0 Å². The number of thiophene rings is 1. The molecule has 0 radical (unpaired) electrons. The molecule has 2 N–H and O–H groups in total. The Hall–Kier alpha value is -0.860. The monoisotopic (exact) mass is 205 g/mol. The van der Waals surface area contributed by atoms with Crippen LogP contribution in [-0.4, -0.2) is 6.04 Å². The number of rotatable bonds is 2. The number of hydrogen-bond acceptors (Lipinski definition) is 2. The van der Waals surface area contributed by atoms with Crippen LogP contribution in [0.1, 0.15) is 18.1 Å². The van der Waals surface area contributed by atoms with Gasteiger partial charge in [0.2, 0.25) is 0 Å². The van der Waals surface area contributed by atoms with E-state index in [2.05, 4.69) is 37.4 Å². The largest absolute Gasteiger partial charge is 0.328 e. The molecule has 0 aliphatic rings. The molecule has 0 amide bonds. The third-order valence-electron chi connectivity index (χ3n) is 2.52. The molecule has 1 atom stereocenters. The summed E-state index contributed by atoms with van der Waals surface area (Å²) in [7, 11) is 0. The topological polar surface area (TPSA) is 26.0 Å². The van der Waals surface area contributed by atoms with Crippen LogP contribution in [0.5, 0.6) is 0 Å². The quantitative estimate of drug-likeness (QED) is 0.801. The summed E-state index contributed by atoms with van der Waals surface area (Å²) in [5.41, 5.74) is 8.60. The van der Waals surface area contributed by atoms with Gasteiger partial charge in [0, 0.05) is 10.7 Å². The van der Waals surface area contributed by atoms with Crippen LogP contribution < -0.4 is 5.73 Å². The van der Waals surface area contributed by atoms with Crippen LogP contribution in [0.15, 0.2) is 23.6 Å². The molecule has 2 rings (SSSR count). The minimum Gasteiger partial charge on any atom is -0.328 e. The molecule has 1 unspecified atom stereocenters. The average Bonchev–Trinajstić information content (AvgIpc) is 2.57. The van der Waals surface area contributed by atoms with Crippen molar-refractivity contribution in [3.05, 3.63) is 34.7 Å². The summed E-state index contributed by atoms with van der Waals surface area (Å²) >= 11 is 1.81. The molecule has 0 saturated heterocycles. The van der Waals surface area contributed by atoms with E-state index in [0.29, 0.717) is 0 Å². The van der Waals surface area contributed by atoms with Gasteiger partial charge in [-0.2, -0.15) is 0 Å². The third kappa shape index (κ3) is 1.68. The molecule has 2 aromatic rings. The molecule has 0 fully saturated rings. The summed E-state index contributed by atoms with van der Waals surface area (Å²) in [5.74, 6) is 0. The first-order valence-electron chi connectivity index (χ1n) is 4.90. The fourth-order valence-corrected chi connectivity index (χ4v) is 2.72. The predicted molar refractivity (Wildman–Crippen MR) is 63.9 cm³/mol. The Balaban J connectivity index is 2.51. The van der Waals surface area contributed by atoms with E-state index in [0.717, 1.165) is 6.42 Å². The molecule has 1 heterocycles. The van der Waals surface area contributed by atoms with Gasteiger partial charge in [0.1, 0.15) is 0 Å². The van der Waals surface area contributed by atoms with Gasteiger partial charge in [0.15, 0.2) is 0 Å². The lowest BCUT2D eigenvalue weighted by atomic mass is 10.0. The van der Waals surface area contributed by atoms with Crippen molar-refractivity contribution in [2.45, 2.75) is 26.3 Å². The van der Waals surface area contributed by atoms with E-state index in [1.54, 1.807) is 0 Å². The van der Waals surface area contributed by atoms with E-state index in [-0.39, 0.29) is 6.04 Å². The fraction of sp³-hybridized carbons (Fsp3) is 0.333. The molecule has 2 heteroatoms. The molecule has 1 nitrogen and oxygen atoms in total. The molecule has 0 aliphatic heterocycles. The average molecular weight is 205 g/mol. The Bertz CT molecular complexity index is 443. The van der Waals surface area contributed by atoms with Crippen molar-refractivity contribution in [2.24, 2.45) is 5.73 Å². The number of hydrogen-bond donors (Lipinski definition) is 1. The number of benzene rings is 1. The maximum atomic E-state index is 5.82. The van der Waals surface area contributed by atoms with E-state index >= 15 is 0 Å². The van der Waals surface area contributed by atoms with Crippen molar-refractivity contribution >= 4 is 21.4 Å². The van der Waals surface area contributed by atoms with Crippen LogP contribution in [-0.2, 0) is 6.42 Å². The summed E-state index contributed by atoms with van der Waals surface area (Å²) < 4.78 is 1.41. The predicted octanol–water partition coefficient (Wildman–Crippen LogP) is 3.10. The Morgan fingerprint density at radius 2 is 2.14 bits per heavy atom. The number of aryl methyl sites for hydroxylation is 1. The first-order chi connectivity index (χ1) is 6.68. The lowest BCUT2D eigenvalue weighted by Gasteiger charge is -2.09. The van der Waals surface area contributed by atoms with Gasteiger partial charge in [0.25, 0.3) is 0 Å². The second kappa shape index (κ2) is 3.71. The van der Waals surface area contributed by atoms with Crippen molar-refractivity contribution in [2.75, 3.05) is 0 Å². The van der Waals surface area contributed by atoms with Crippen LogP contribution in [0.4, 0.5) is 0 Å². The minimum atomic E-state index is 0.242. The zero-order chi connectivity index (χ0) is 10.1. The smallest absolute Gasteiger partial charge is 0.0374 e. The standard InChI is InChI=1S/C12H15NS/c1-8(13)7-11-4-3-10-5-6-14-12(10)9(11)2/h3-6,8H,7,13H2,1-2H3. The SMILES string of the molecule is Cc1c(CC(C)N)ccc2ccsc12. The second-order valence-electron chi connectivity index (χ2n) is 3.87. The summed E-state index contributed by atoms with van der Waals surface area (Å²) in [6.45, 7) is 4.24. The van der Waals surface area contributed by atoms with Crippen LogP contribution >= 0.6 is 11.3 Å². The normalized spacial score (nSPS) is 13.4. The van der Waals surface area contributed by atoms with Gasteiger partial charge < -0.3 is 5.73 Å². The summed E-state index contributed by atoms with van der Waals surface area (Å²) in [6.07, 6.45) is 0.972. The van der Waals surface area contributed by atoms with Gasteiger partial charge in [-0.05, 0) is 48.2 Å². The van der Waals surface area contributed by atoms with Crippen LogP contribution in [0, 0.1) is 6.92 Å². The van der Waals surface area contributed by atoms with E-state index in [9.17, 15) is 0 Å². The lowest BCUT2D eigenvalue weighted by Crippen LogP contribution is -2.18. The fourth-order valence-electron chi connectivity index (χ4n) is 1.78. The minimum absolute atomic E-state index is 0.242. The lowest BCUT2D eigenvalue weighted by molar-refractivity contribution is 0.736.